The van der Waals surface area contributed by atoms with Crippen molar-refractivity contribution in [1.29, 1.82) is 0 Å². The van der Waals surface area contributed by atoms with Crippen molar-refractivity contribution in [2.24, 2.45) is 7.05 Å². The van der Waals surface area contributed by atoms with Crippen molar-refractivity contribution in [3.8, 4) is 0 Å². The van der Waals surface area contributed by atoms with Gasteiger partial charge in [0.1, 0.15) is 11.4 Å². The van der Waals surface area contributed by atoms with Crippen LogP contribution in [0.15, 0.2) is 24.7 Å². The molecule has 12 heteroatoms. The minimum absolute atomic E-state index is 0.0918. The lowest BCUT2D eigenvalue weighted by Gasteiger charge is -2.46. The van der Waals surface area contributed by atoms with Crippen LogP contribution in [0.5, 0.6) is 0 Å². The van der Waals surface area contributed by atoms with Crippen LogP contribution < -0.4 is 15.5 Å². The summed E-state index contributed by atoms with van der Waals surface area (Å²) in [5, 5.41) is 13.3. The van der Waals surface area contributed by atoms with E-state index in [2.05, 4.69) is 30.7 Å². The summed E-state index contributed by atoms with van der Waals surface area (Å²) in [5.74, 6) is 0.000546. The number of aromatic nitrogens is 5. The summed E-state index contributed by atoms with van der Waals surface area (Å²) >= 11 is 0. The molecule has 2 bridgehead atoms. The Kier molecular flexibility index (Phi) is 4.20. The zero-order chi connectivity index (χ0) is 21.0. The summed E-state index contributed by atoms with van der Waals surface area (Å²) in [6, 6.07) is 2.58. The monoisotopic (exact) mass is 420 g/mol. The van der Waals surface area contributed by atoms with Gasteiger partial charge in [-0.15, -0.1) is 0 Å². The first kappa shape index (κ1) is 18.9. The molecule has 3 saturated heterocycles. The van der Waals surface area contributed by atoms with Crippen molar-refractivity contribution in [3.63, 3.8) is 0 Å². The Balaban J connectivity index is 1.46. The lowest BCUT2D eigenvalue weighted by molar-refractivity contribution is -0.140. The molecular formula is C18H19F3N8O. The molecule has 0 saturated carbocycles. The summed E-state index contributed by atoms with van der Waals surface area (Å²) in [5.41, 5.74) is -1.18. The largest absolute Gasteiger partial charge is 0.437 e. The summed E-state index contributed by atoms with van der Waals surface area (Å²) in [6.07, 6.45) is 1.62. The van der Waals surface area contributed by atoms with Gasteiger partial charge in [0.25, 0.3) is 5.91 Å². The van der Waals surface area contributed by atoms with Gasteiger partial charge in [0, 0.05) is 44.6 Å². The van der Waals surface area contributed by atoms with Crippen molar-refractivity contribution in [3.05, 3.63) is 35.9 Å². The van der Waals surface area contributed by atoms with Gasteiger partial charge in [-0.05, 0) is 18.9 Å². The van der Waals surface area contributed by atoms with E-state index >= 15 is 0 Å². The highest BCUT2D eigenvalue weighted by atomic mass is 19.4. The first-order valence-corrected chi connectivity index (χ1v) is 9.56. The van der Waals surface area contributed by atoms with Gasteiger partial charge in [-0.25, -0.2) is 9.50 Å². The lowest BCUT2D eigenvalue weighted by atomic mass is 9.93. The van der Waals surface area contributed by atoms with Gasteiger partial charge in [-0.3, -0.25) is 9.48 Å². The van der Waals surface area contributed by atoms with Crippen LogP contribution in [0.3, 0.4) is 0 Å². The average molecular weight is 420 g/mol. The first-order valence-electron chi connectivity index (χ1n) is 9.56. The topological polar surface area (TPSA) is 92.4 Å². The zero-order valence-electron chi connectivity index (χ0n) is 16.0. The first-order chi connectivity index (χ1) is 14.3. The SMILES string of the molecule is Cn1cc(NC(=O)c2cnn3ccc(N4CC5CCC4CN5)nc23)c(C(F)(F)F)n1. The summed E-state index contributed by atoms with van der Waals surface area (Å²) in [6.45, 7) is 1.71. The number of fused-ring (bicyclic) bond motifs is 4. The number of nitrogens with one attached hydrogen (secondary N) is 2. The molecule has 30 heavy (non-hydrogen) atoms. The number of rotatable bonds is 3. The van der Waals surface area contributed by atoms with Crippen molar-refractivity contribution in [2.75, 3.05) is 23.3 Å². The van der Waals surface area contributed by atoms with E-state index in [1.807, 2.05) is 6.07 Å². The van der Waals surface area contributed by atoms with Gasteiger partial charge in [-0.1, -0.05) is 0 Å². The molecular weight excluding hydrogens is 401 g/mol. The molecule has 6 rings (SSSR count). The molecule has 3 aromatic rings. The third kappa shape index (κ3) is 3.16. The second kappa shape index (κ2) is 6.69. The maximum absolute atomic E-state index is 13.2. The Bertz CT molecular complexity index is 1110. The van der Waals surface area contributed by atoms with Gasteiger partial charge in [-0.2, -0.15) is 23.4 Å². The van der Waals surface area contributed by atoms with Crippen molar-refractivity contribution in [1.82, 2.24) is 29.7 Å². The molecule has 158 valence electrons. The van der Waals surface area contributed by atoms with E-state index in [-0.39, 0.29) is 11.2 Å². The van der Waals surface area contributed by atoms with Crippen molar-refractivity contribution >= 4 is 23.1 Å². The predicted molar refractivity (Wildman–Crippen MR) is 101 cm³/mol. The minimum Gasteiger partial charge on any atom is -0.351 e. The quantitative estimate of drug-likeness (QED) is 0.670. The molecule has 0 aromatic carbocycles. The van der Waals surface area contributed by atoms with Crippen LogP contribution in [0.1, 0.15) is 28.9 Å². The highest BCUT2D eigenvalue weighted by Crippen LogP contribution is 2.34. The van der Waals surface area contributed by atoms with E-state index in [9.17, 15) is 18.0 Å². The van der Waals surface area contributed by atoms with Crippen LogP contribution in [0, 0.1) is 0 Å². The Morgan fingerprint density at radius 2 is 2.17 bits per heavy atom. The number of piperidine rings is 2. The molecule has 0 radical (unpaired) electrons. The van der Waals surface area contributed by atoms with E-state index in [1.54, 1.807) is 6.20 Å². The van der Waals surface area contributed by atoms with Gasteiger partial charge >= 0.3 is 6.18 Å². The van der Waals surface area contributed by atoms with Crippen LogP contribution in [-0.2, 0) is 13.2 Å². The number of alkyl halides is 3. The number of nitrogens with zero attached hydrogens (tertiary/aromatic N) is 6. The molecule has 3 aromatic heterocycles. The van der Waals surface area contributed by atoms with Crippen LogP contribution >= 0.6 is 0 Å². The molecule has 9 nitrogen and oxygen atoms in total. The third-order valence-corrected chi connectivity index (χ3v) is 5.59. The molecule has 0 spiro atoms. The summed E-state index contributed by atoms with van der Waals surface area (Å²) in [4.78, 5) is 19.6. The van der Waals surface area contributed by atoms with Gasteiger partial charge in [0.15, 0.2) is 11.3 Å². The number of piperazine rings is 1. The Morgan fingerprint density at radius 1 is 1.33 bits per heavy atom. The standard InChI is InChI=1S/C18H19F3N8O/c1-27-9-13(15(26-27)18(19,20)21)24-17(30)12-7-23-29-5-4-14(25-16(12)29)28-8-10-2-3-11(28)6-22-10/h4-5,7,9-11,22H,2-3,6,8H2,1H3,(H,24,30). The van der Waals surface area contributed by atoms with Gasteiger partial charge in [0.2, 0.25) is 0 Å². The number of amides is 1. The highest BCUT2D eigenvalue weighted by Gasteiger charge is 2.38. The lowest BCUT2D eigenvalue weighted by Crippen LogP contribution is -2.61. The normalized spacial score (nSPS) is 21.4. The van der Waals surface area contributed by atoms with Crippen molar-refractivity contribution < 1.29 is 18.0 Å². The number of carbonyl (C=O) groups is 1. The molecule has 1 amide bonds. The van der Waals surface area contributed by atoms with Crippen LogP contribution in [-0.4, -0.2) is 55.5 Å². The smallest absolute Gasteiger partial charge is 0.351 e. The fourth-order valence-corrected chi connectivity index (χ4v) is 4.15. The molecule has 2 unspecified atom stereocenters. The fourth-order valence-electron chi connectivity index (χ4n) is 4.15. The Labute approximate surface area is 168 Å². The number of hydrogen-bond donors (Lipinski definition) is 2. The molecule has 2 atom stereocenters. The summed E-state index contributed by atoms with van der Waals surface area (Å²) < 4.78 is 42.0. The summed E-state index contributed by atoms with van der Waals surface area (Å²) in [7, 11) is 1.36. The molecule has 6 heterocycles. The number of anilines is 2. The van der Waals surface area contributed by atoms with Crippen molar-refractivity contribution in [2.45, 2.75) is 31.1 Å². The maximum atomic E-state index is 13.2. The molecule has 3 aliphatic heterocycles. The number of halogens is 3. The van der Waals surface area contributed by atoms with Crippen LogP contribution in [0.25, 0.3) is 5.65 Å². The number of hydrogen-bond acceptors (Lipinski definition) is 6. The minimum atomic E-state index is -4.68. The molecule has 3 fully saturated rings. The highest BCUT2D eigenvalue weighted by molar-refractivity contribution is 6.08. The fraction of sp³-hybridized carbons (Fsp3) is 0.444. The predicted octanol–water partition coefficient (Wildman–Crippen LogP) is 1.67. The average Bonchev–Trinajstić information content (AvgIpc) is 3.31. The second-order valence-electron chi connectivity index (χ2n) is 7.62. The Morgan fingerprint density at radius 3 is 2.83 bits per heavy atom. The van der Waals surface area contributed by atoms with E-state index < -0.39 is 23.5 Å². The molecule has 0 aliphatic carbocycles. The Hall–Kier alpha value is -3.15. The van der Waals surface area contributed by atoms with E-state index in [0.717, 1.165) is 42.6 Å². The van der Waals surface area contributed by atoms with E-state index in [0.29, 0.717) is 12.1 Å². The van der Waals surface area contributed by atoms with Gasteiger partial charge in [0.05, 0.1) is 11.9 Å². The third-order valence-electron chi connectivity index (χ3n) is 5.59. The number of carbonyl (C=O) groups excluding carboxylic acids is 1. The zero-order valence-corrected chi connectivity index (χ0v) is 16.0. The number of aryl methyl sites for hydroxylation is 1. The van der Waals surface area contributed by atoms with Crippen LogP contribution in [0.4, 0.5) is 24.7 Å². The van der Waals surface area contributed by atoms with Crippen LogP contribution in [0.2, 0.25) is 0 Å². The van der Waals surface area contributed by atoms with E-state index in [1.165, 1.54) is 17.8 Å². The molecule has 2 N–H and O–H groups in total. The maximum Gasteiger partial charge on any atom is 0.437 e. The molecule has 3 aliphatic rings. The van der Waals surface area contributed by atoms with E-state index in [4.69, 9.17) is 0 Å². The van der Waals surface area contributed by atoms with Gasteiger partial charge < -0.3 is 15.5 Å². The second-order valence-corrected chi connectivity index (χ2v) is 7.62.